The second kappa shape index (κ2) is 10.4. The van der Waals surface area contributed by atoms with Crippen molar-refractivity contribution in [3.63, 3.8) is 0 Å². The molecule has 0 bridgehead atoms. The van der Waals surface area contributed by atoms with Crippen LogP contribution in [0.2, 0.25) is 0 Å². The minimum absolute atomic E-state index is 0.0344. The van der Waals surface area contributed by atoms with E-state index < -0.39 is 0 Å². The van der Waals surface area contributed by atoms with Gasteiger partial charge in [0, 0.05) is 38.8 Å². The van der Waals surface area contributed by atoms with Crippen molar-refractivity contribution in [2.45, 2.75) is 25.9 Å². The largest absolute Gasteiger partial charge is 0.361 e. The Labute approximate surface area is 183 Å². The fraction of sp³-hybridized carbons (Fsp3) is 0.360. The van der Waals surface area contributed by atoms with Crippen LogP contribution < -0.4 is 5.32 Å². The Morgan fingerprint density at radius 2 is 1.65 bits per heavy atom. The second-order valence-electron chi connectivity index (χ2n) is 8.20. The molecule has 4 rings (SSSR count). The average molecular weight is 419 g/mol. The maximum absolute atomic E-state index is 12.9. The smallest absolute Gasteiger partial charge is 0.234 e. The Balaban J connectivity index is 1.30. The summed E-state index contributed by atoms with van der Waals surface area (Å²) < 4.78 is 5.16. The molecule has 1 unspecified atom stereocenters. The van der Waals surface area contributed by atoms with Crippen LogP contribution in [0.25, 0.3) is 0 Å². The molecule has 1 aromatic heterocycles. The molecule has 0 aliphatic carbocycles. The van der Waals surface area contributed by atoms with Crippen LogP contribution in [0.3, 0.4) is 0 Å². The topological polar surface area (TPSA) is 61.6 Å². The van der Waals surface area contributed by atoms with E-state index in [0.717, 1.165) is 56.2 Å². The molecule has 0 saturated carbocycles. The van der Waals surface area contributed by atoms with Gasteiger partial charge in [-0.15, -0.1) is 0 Å². The Kier molecular flexibility index (Phi) is 7.12. The quantitative estimate of drug-likeness (QED) is 0.609. The average Bonchev–Trinajstić information content (AvgIpc) is 3.20. The van der Waals surface area contributed by atoms with E-state index in [2.05, 4.69) is 44.5 Å². The Morgan fingerprint density at radius 3 is 2.29 bits per heavy atom. The molecule has 0 spiro atoms. The monoisotopic (exact) mass is 418 g/mol. The molecule has 6 nitrogen and oxygen atoms in total. The number of amides is 1. The van der Waals surface area contributed by atoms with Crippen molar-refractivity contribution < 1.29 is 9.32 Å². The zero-order valence-electron chi connectivity index (χ0n) is 18.0. The minimum atomic E-state index is -0.0344. The summed E-state index contributed by atoms with van der Waals surface area (Å²) in [5.74, 6) is 0.916. The number of nitrogens with zero attached hydrogens (tertiary/aromatic N) is 3. The minimum Gasteiger partial charge on any atom is -0.361 e. The SMILES string of the molecule is Cc1cc(CN2CCN(CC(=O)NC(Cc3ccccc3)c3ccccc3)CC2)no1. The third-order valence-corrected chi connectivity index (χ3v) is 5.71. The lowest BCUT2D eigenvalue weighted by Crippen LogP contribution is -2.49. The van der Waals surface area contributed by atoms with E-state index >= 15 is 0 Å². The zero-order valence-corrected chi connectivity index (χ0v) is 18.0. The fourth-order valence-electron chi connectivity index (χ4n) is 4.06. The summed E-state index contributed by atoms with van der Waals surface area (Å²) in [6, 6.07) is 22.5. The highest BCUT2D eigenvalue weighted by Crippen LogP contribution is 2.18. The highest BCUT2D eigenvalue weighted by molar-refractivity contribution is 5.78. The van der Waals surface area contributed by atoms with Crippen LogP contribution in [0.15, 0.2) is 71.3 Å². The van der Waals surface area contributed by atoms with Gasteiger partial charge in [-0.2, -0.15) is 0 Å². The van der Waals surface area contributed by atoms with Crippen molar-refractivity contribution in [1.82, 2.24) is 20.3 Å². The second-order valence-corrected chi connectivity index (χ2v) is 8.20. The highest BCUT2D eigenvalue weighted by atomic mass is 16.5. The van der Waals surface area contributed by atoms with Gasteiger partial charge < -0.3 is 9.84 Å². The summed E-state index contributed by atoms with van der Waals surface area (Å²) in [5, 5.41) is 7.35. The fourth-order valence-corrected chi connectivity index (χ4v) is 4.06. The molecule has 1 atom stereocenters. The molecule has 1 N–H and O–H groups in total. The third kappa shape index (κ3) is 6.26. The summed E-state index contributed by atoms with van der Waals surface area (Å²) in [6.45, 7) is 6.72. The summed E-state index contributed by atoms with van der Waals surface area (Å²) >= 11 is 0. The number of hydrogen-bond donors (Lipinski definition) is 1. The summed E-state index contributed by atoms with van der Waals surface area (Å²) in [4.78, 5) is 17.5. The normalized spacial score (nSPS) is 16.2. The molecule has 6 heteroatoms. The van der Waals surface area contributed by atoms with Gasteiger partial charge in [-0.1, -0.05) is 65.8 Å². The van der Waals surface area contributed by atoms with E-state index in [1.807, 2.05) is 49.4 Å². The van der Waals surface area contributed by atoms with E-state index in [1.54, 1.807) is 0 Å². The first-order chi connectivity index (χ1) is 15.2. The highest BCUT2D eigenvalue weighted by Gasteiger charge is 2.22. The molecule has 1 amide bonds. The Bertz CT molecular complexity index is 950. The number of aromatic nitrogens is 1. The maximum Gasteiger partial charge on any atom is 0.234 e. The number of nitrogens with one attached hydrogen (secondary N) is 1. The summed E-state index contributed by atoms with van der Waals surface area (Å²) in [7, 11) is 0. The van der Waals surface area contributed by atoms with Gasteiger partial charge in [0.25, 0.3) is 0 Å². The van der Waals surface area contributed by atoms with Gasteiger partial charge in [-0.25, -0.2) is 0 Å². The van der Waals surface area contributed by atoms with Crippen molar-refractivity contribution in [2.24, 2.45) is 0 Å². The molecule has 1 fully saturated rings. The van der Waals surface area contributed by atoms with E-state index in [0.29, 0.717) is 6.54 Å². The van der Waals surface area contributed by atoms with Crippen LogP contribution in [0.1, 0.15) is 28.6 Å². The van der Waals surface area contributed by atoms with Crippen LogP contribution in [0.5, 0.6) is 0 Å². The van der Waals surface area contributed by atoms with Crippen molar-refractivity contribution in [3.05, 3.63) is 89.3 Å². The number of carbonyl (C=O) groups is 1. The predicted octanol–water partition coefficient (Wildman–Crippen LogP) is 3.20. The maximum atomic E-state index is 12.9. The molecular weight excluding hydrogens is 388 g/mol. The lowest BCUT2D eigenvalue weighted by atomic mass is 9.99. The van der Waals surface area contributed by atoms with Gasteiger partial charge in [0.15, 0.2) is 0 Å². The van der Waals surface area contributed by atoms with E-state index in [-0.39, 0.29) is 11.9 Å². The van der Waals surface area contributed by atoms with Gasteiger partial charge >= 0.3 is 0 Å². The number of hydrogen-bond acceptors (Lipinski definition) is 5. The van der Waals surface area contributed by atoms with Crippen LogP contribution in [0, 0.1) is 6.92 Å². The van der Waals surface area contributed by atoms with Crippen LogP contribution in [0.4, 0.5) is 0 Å². The number of carbonyl (C=O) groups excluding carboxylic acids is 1. The molecule has 1 aliphatic rings. The first-order valence-electron chi connectivity index (χ1n) is 10.9. The number of benzene rings is 2. The van der Waals surface area contributed by atoms with Gasteiger partial charge in [0.2, 0.25) is 5.91 Å². The molecule has 1 aliphatic heterocycles. The van der Waals surface area contributed by atoms with Crippen LogP contribution >= 0.6 is 0 Å². The van der Waals surface area contributed by atoms with Crippen LogP contribution in [-0.4, -0.2) is 53.6 Å². The molecule has 2 heterocycles. The molecule has 31 heavy (non-hydrogen) atoms. The molecular formula is C25H30N4O2. The van der Waals surface area contributed by atoms with Gasteiger partial charge in [0.05, 0.1) is 18.3 Å². The van der Waals surface area contributed by atoms with E-state index in [9.17, 15) is 4.79 Å². The van der Waals surface area contributed by atoms with Crippen molar-refractivity contribution in [3.8, 4) is 0 Å². The van der Waals surface area contributed by atoms with Crippen molar-refractivity contribution in [2.75, 3.05) is 32.7 Å². The summed E-state index contributed by atoms with van der Waals surface area (Å²) in [5.41, 5.74) is 3.32. The van der Waals surface area contributed by atoms with Crippen molar-refractivity contribution in [1.29, 1.82) is 0 Å². The first-order valence-corrected chi connectivity index (χ1v) is 10.9. The molecule has 2 aromatic carbocycles. The zero-order chi connectivity index (χ0) is 21.5. The van der Waals surface area contributed by atoms with Gasteiger partial charge in [-0.3, -0.25) is 14.6 Å². The third-order valence-electron chi connectivity index (χ3n) is 5.71. The lowest BCUT2D eigenvalue weighted by Gasteiger charge is -2.34. The first kappa shape index (κ1) is 21.3. The van der Waals surface area contributed by atoms with Crippen molar-refractivity contribution >= 4 is 5.91 Å². The summed E-state index contributed by atoms with van der Waals surface area (Å²) in [6.07, 6.45) is 0.779. The van der Waals surface area contributed by atoms with Gasteiger partial charge in [-0.05, 0) is 24.5 Å². The Morgan fingerprint density at radius 1 is 1.00 bits per heavy atom. The molecule has 0 radical (unpaired) electrons. The molecule has 162 valence electrons. The number of piperazine rings is 1. The number of aryl methyl sites for hydroxylation is 1. The standard InChI is InChI=1S/C25H30N4O2/c1-20-16-23(27-31-20)18-28-12-14-29(15-13-28)19-25(30)26-24(22-10-6-3-7-11-22)17-21-8-4-2-5-9-21/h2-11,16,24H,12-15,17-19H2,1H3,(H,26,30). The molecule has 1 saturated heterocycles. The number of rotatable bonds is 8. The van der Waals surface area contributed by atoms with Crippen LogP contribution in [-0.2, 0) is 17.8 Å². The predicted molar refractivity (Wildman–Crippen MR) is 120 cm³/mol. The van der Waals surface area contributed by atoms with E-state index in [4.69, 9.17) is 4.52 Å². The Hall–Kier alpha value is -2.96. The van der Waals surface area contributed by atoms with E-state index in [1.165, 1.54) is 5.56 Å². The van der Waals surface area contributed by atoms with Gasteiger partial charge in [0.1, 0.15) is 5.76 Å². The lowest BCUT2D eigenvalue weighted by molar-refractivity contribution is -0.123. The molecule has 3 aromatic rings.